The minimum Gasteiger partial charge on any atom is -0.465 e. The third-order valence-corrected chi connectivity index (χ3v) is 2.14. The average molecular weight is 197 g/mol. The maximum absolute atomic E-state index is 5.52. The SMILES string of the molecule is COCC(C)NC(C)c1ccc(C)o1. The molecule has 0 saturated carbocycles. The van der Waals surface area contributed by atoms with Crippen LogP contribution in [0, 0.1) is 6.92 Å². The summed E-state index contributed by atoms with van der Waals surface area (Å²) < 4.78 is 10.6. The highest BCUT2D eigenvalue weighted by atomic mass is 16.5. The molecular formula is C11H19NO2. The van der Waals surface area contributed by atoms with Gasteiger partial charge in [-0.05, 0) is 32.9 Å². The Hall–Kier alpha value is -0.800. The van der Waals surface area contributed by atoms with Gasteiger partial charge in [0.2, 0.25) is 0 Å². The van der Waals surface area contributed by atoms with Crippen LogP contribution in [0.3, 0.4) is 0 Å². The molecule has 80 valence electrons. The summed E-state index contributed by atoms with van der Waals surface area (Å²) in [5, 5.41) is 3.39. The zero-order valence-corrected chi connectivity index (χ0v) is 9.33. The van der Waals surface area contributed by atoms with Gasteiger partial charge in [-0.3, -0.25) is 0 Å². The van der Waals surface area contributed by atoms with E-state index in [1.165, 1.54) is 0 Å². The smallest absolute Gasteiger partial charge is 0.120 e. The minimum absolute atomic E-state index is 0.230. The van der Waals surface area contributed by atoms with Crippen LogP contribution in [0.4, 0.5) is 0 Å². The molecule has 1 aromatic heterocycles. The van der Waals surface area contributed by atoms with Crippen LogP contribution >= 0.6 is 0 Å². The summed E-state index contributed by atoms with van der Waals surface area (Å²) in [7, 11) is 1.71. The average Bonchev–Trinajstić information content (AvgIpc) is 2.52. The molecule has 0 fully saturated rings. The number of nitrogens with one attached hydrogen (secondary N) is 1. The minimum atomic E-state index is 0.230. The second-order valence-corrected chi connectivity index (χ2v) is 3.69. The van der Waals surface area contributed by atoms with E-state index >= 15 is 0 Å². The molecule has 0 aliphatic heterocycles. The Morgan fingerprint density at radius 2 is 2.14 bits per heavy atom. The van der Waals surface area contributed by atoms with Crippen LogP contribution in [0.15, 0.2) is 16.5 Å². The summed E-state index contributed by atoms with van der Waals surface area (Å²) in [6, 6.07) is 4.55. The molecule has 0 amide bonds. The van der Waals surface area contributed by atoms with Crippen molar-refractivity contribution >= 4 is 0 Å². The van der Waals surface area contributed by atoms with Crippen LogP contribution in [-0.2, 0) is 4.74 Å². The van der Waals surface area contributed by atoms with Gasteiger partial charge < -0.3 is 14.5 Å². The first-order valence-corrected chi connectivity index (χ1v) is 4.94. The normalized spacial score (nSPS) is 15.4. The Morgan fingerprint density at radius 3 is 2.64 bits per heavy atom. The number of furan rings is 1. The van der Waals surface area contributed by atoms with Gasteiger partial charge in [-0.2, -0.15) is 0 Å². The van der Waals surface area contributed by atoms with E-state index in [-0.39, 0.29) is 6.04 Å². The van der Waals surface area contributed by atoms with E-state index in [9.17, 15) is 0 Å². The third kappa shape index (κ3) is 3.16. The van der Waals surface area contributed by atoms with Gasteiger partial charge in [0, 0.05) is 13.2 Å². The highest BCUT2D eigenvalue weighted by molar-refractivity contribution is 5.08. The van der Waals surface area contributed by atoms with E-state index in [1.807, 2.05) is 19.1 Å². The summed E-state index contributed by atoms with van der Waals surface area (Å²) in [4.78, 5) is 0. The zero-order chi connectivity index (χ0) is 10.6. The van der Waals surface area contributed by atoms with Crippen molar-refractivity contribution in [3.63, 3.8) is 0 Å². The molecule has 14 heavy (non-hydrogen) atoms. The molecule has 1 heterocycles. The van der Waals surface area contributed by atoms with E-state index in [1.54, 1.807) is 7.11 Å². The Bertz CT molecular complexity index is 270. The molecule has 1 aromatic rings. The number of hydrogen-bond acceptors (Lipinski definition) is 3. The van der Waals surface area contributed by atoms with Gasteiger partial charge in [0.1, 0.15) is 11.5 Å². The van der Waals surface area contributed by atoms with Crippen LogP contribution in [0.1, 0.15) is 31.4 Å². The summed E-state index contributed by atoms with van der Waals surface area (Å²) in [6.45, 7) is 6.85. The monoisotopic (exact) mass is 197 g/mol. The maximum atomic E-state index is 5.52. The third-order valence-electron chi connectivity index (χ3n) is 2.14. The molecule has 0 aliphatic carbocycles. The summed E-state index contributed by atoms with van der Waals surface area (Å²) >= 11 is 0. The van der Waals surface area contributed by atoms with Gasteiger partial charge >= 0.3 is 0 Å². The fraction of sp³-hybridized carbons (Fsp3) is 0.636. The Balaban J connectivity index is 2.45. The Labute approximate surface area is 85.4 Å². The van der Waals surface area contributed by atoms with Crippen molar-refractivity contribution in [2.45, 2.75) is 32.9 Å². The lowest BCUT2D eigenvalue weighted by Crippen LogP contribution is -2.32. The van der Waals surface area contributed by atoms with Crippen molar-refractivity contribution in [1.29, 1.82) is 0 Å². The molecule has 0 saturated heterocycles. The predicted molar refractivity (Wildman–Crippen MR) is 56.3 cm³/mol. The molecule has 3 heteroatoms. The topological polar surface area (TPSA) is 34.4 Å². The summed E-state index contributed by atoms with van der Waals surface area (Å²) in [5.41, 5.74) is 0. The van der Waals surface area contributed by atoms with E-state index in [4.69, 9.17) is 9.15 Å². The van der Waals surface area contributed by atoms with Crippen LogP contribution in [0.2, 0.25) is 0 Å². The molecule has 2 unspecified atom stereocenters. The van der Waals surface area contributed by atoms with E-state index in [2.05, 4.69) is 19.2 Å². The first kappa shape index (κ1) is 11.3. The fourth-order valence-electron chi connectivity index (χ4n) is 1.49. The van der Waals surface area contributed by atoms with Gasteiger partial charge in [0.25, 0.3) is 0 Å². The zero-order valence-electron chi connectivity index (χ0n) is 9.33. The molecular weight excluding hydrogens is 178 g/mol. The van der Waals surface area contributed by atoms with Crippen molar-refractivity contribution in [3.8, 4) is 0 Å². The standard InChI is InChI=1S/C11H19NO2/c1-8(7-13-4)12-10(3)11-6-5-9(2)14-11/h5-6,8,10,12H,7H2,1-4H3. The van der Waals surface area contributed by atoms with Crippen molar-refractivity contribution in [2.75, 3.05) is 13.7 Å². The van der Waals surface area contributed by atoms with Gasteiger partial charge in [-0.1, -0.05) is 0 Å². The molecule has 1 N–H and O–H groups in total. The Morgan fingerprint density at radius 1 is 1.43 bits per heavy atom. The van der Waals surface area contributed by atoms with Gasteiger partial charge in [0.15, 0.2) is 0 Å². The first-order valence-electron chi connectivity index (χ1n) is 4.94. The second-order valence-electron chi connectivity index (χ2n) is 3.69. The lowest BCUT2D eigenvalue weighted by Gasteiger charge is -2.17. The molecule has 0 bridgehead atoms. The molecule has 1 rings (SSSR count). The highest BCUT2D eigenvalue weighted by Gasteiger charge is 2.11. The summed E-state index contributed by atoms with van der Waals surface area (Å²) in [6.07, 6.45) is 0. The van der Waals surface area contributed by atoms with Crippen LogP contribution in [-0.4, -0.2) is 19.8 Å². The van der Waals surface area contributed by atoms with E-state index < -0.39 is 0 Å². The number of ether oxygens (including phenoxy) is 1. The molecule has 0 radical (unpaired) electrons. The van der Waals surface area contributed by atoms with Gasteiger partial charge in [-0.15, -0.1) is 0 Å². The van der Waals surface area contributed by atoms with Crippen LogP contribution in [0.25, 0.3) is 0 Å². The molecule has 0 spiro atoms. The largest absolute Gasteiger partial charge is 0.465 e. The fourth-order valence-corrected chi connectivity index (χ4v) is 1.49. The lowest BCUT2D eigenvalue weighted by atomic mass is 10.2. The highest BCUT2D eigenvalue weighted by Crippen LogP contribution is 2.15. The number of aryl methyl sites for hydroxylation is 1. The lowest BCUT2D eigenvalue weighted by molar-refractivity contribution is 0.165. The molecule has 2 atom stereocenters. The van der Waals surface area contributed by atoms with Gasteiger partial charge in [-0.25, -0.2) is 0 Å². The van der Waals surface area contributed by atoms with Crippen molar-refractivity contribution in [2.24, 2.45) is 0 Å². The number of methoxy groups -OCH3 is 1. The number of hydrogen-bond donors (Lipinski definition) is 1. The van der Waals surface area contributed by atoms with Crippen molar-refractivity contribution in [3.05, 3.63) is 23.7 Å². The quantitative estimate of drug-likeness (QED) is 0.786. The van der Waals surface area contributed by atoms with Crippen molar-refractivity contribution < 1.29 is 9.15 Å². The first-order chi connectivity index (χ1) is 6.63. The second kappa shape index (κ2) is 5.17. The van der Waals surface area contributed by atoms with Crippen LogP contribution in [0.5, 0.6) is 0 Å². The van der Waals surface area contributed by atoms with Gasteiger partial charge in [0.05, 0.1) is 12.6 Å². The molecule has 0 aliphatic rings. The van der Waals surface area contributed by atoms with E-state index in [0.717, 1.165) is 11.5 Å². The van der Waals surface area contributed by atoms with E-state index in [0.29, 0.717) is 12.6 Å². The molecule has 3 nitrogen and oxygen atoms in total. The maximum Gasteiger partial charge on any atom is 0.120 e. The summed E-state index contributed by atoms with van der Waals surface area (Å²) in [5.74, 6) is 1.93. The number of rotatable bonds is 5. The predicted octanol–water partition coefficient (Wildman–Crippen LogP) is 2.27. The molecule has 0 aromatic carbocycles. The Kier molecular flexibility index (Phi) is 4.17. The van der Waals surface area contributed by atoms with Crippen LogP contribution < -0.4 is 5.32 Å². The van der Waals surface area contributed by atoms with Crippen molar-refractivity contribution in [1.82, 2.24) is 5.32 Å².